The molecule has 5 aromatic rings. The second kappa shape index (κ2) is 12.4. The van der Waals surface area contributed by atoms with Crippen molar-refractivity contribution >= 4 is 28.9 Å². The van der Waals surface area contributed by atoms with Gasteiger partial charge in [0.05, 0.1) is 31.7 Å². The van der Waals surface area contributed by atoms with E-state index in [0.717, 1.165) is 50.7 Å². The molecule has 5 aromatic carbocycles. The Bertz CT molecular complexity index is 1740. The van der Waals surface area contributed by atoms with Gasteiger partial charge in [-0.3, -0.25) is 14.7 Å². The molecule has 0 N–H and O–H groups in total. The second-order valence-electron chi connectivity index (χ2n) is 11.0. The topological polar surface area (TPSA) is 51.1 Å². The first-order valence-corrected chi connectivity index (χ1v) is 14.9. The fourth-order valence-electron chi connectivity index (χ4n) is 5.88. The van der Waals surface area contributed by atoms with Gasteiger partial charge in [0.15, 0.2) is 0 Å². The van der Waals surface area contributed by atoms with Gasteiger partial charge in [0.1, 0.15) is 17.0 Å². The highest BCUT2D eigenvalue weighted by atomic mass is 35.5. The van der Waals surface area contributed by atoms with Gasteiger partial charge < -0.3 is 9.47 Å². The third kappa shape index (κ3) is 5.71. The molecular weight excluding hydrogens is 568 g/mol. The zero-order chi connectivity index (χ0) is 30.7. The zero-order valence-corrected chi connectivity index (χ0v) is 25.7. The number of carbonyl (C=O) groups is 1. The fourth-order valence-corrected chi connectivity index (χ4v) is 6.05. The number of amides is 1. The minimum absolute atomic E-state index is 0.118. The van der Waals surface area contributed by atoms with Crippen LogP contribution in [0, 0.1) is 0 Å². The van der Waals surface area contributed by atoms with E-state index in [1.165, 1.54) is 0 Å². The minimum atomic E-state index is -1.14. The molecule has 1 aliphatic heterocycles. The third-order valence-corrected chi connectivity index (χ3v) is 8.31. The molecule has 1 aliphatic rings. The maximum absolute atomic E-state index is 15.3. The molecule has 0 saturated heterocycles. The first kappa shape index (κ1) is 29.2. The molecule has 0 bridgehead atoms. The van der Waals surface area contributed by atoms with Crippen LogP contribution in [0.25, 0.3) is 0 Å². The Hall–Kier alpha value is -4.87. The Morgan fingerprint density at radius 3 is 1.84 bits per heavy atom. The van der Waals surface area contributed by atoms with Crippen molar-refractivity contribution in [2.45, 2.75) is 24.9 Å². The molecule has 0 spiro atoms. The number of anilines is 1. The molecule has 1 amide bonds. The number of benzene rings is 5. The number of hydrogen-bond acceptors (Lipinski definition) is 4. The largest absolute Gasteiger partial charge is 0.497 e. The predicted octanol–water partition coefficient (Wildman–Crippen LogP) is 8.33. The molecule has 0 aromatic heterocycles. The fraction of sp³-hybridized carbons (Fsp3) is 0.158. The third-order valence-electron chi connectivity index (χ3n) is 8.07. The molecule has 220 valence electrons. The summed E-state index contributed by atoms with van der Waals surface area (Å²) in [5.41, 5.74) is 4.89. The van der Waals surface area contributed by atoms with Gasteiger partial charge in [0.25, 0.3) is 5.91 Å². The summed E-state index contributed by atoms with van der Waals surface area (Å²) in [7, 11) is 3.29. The van der Waals surface area contributed by atoms with Crippen LogP contribution >= 0.6 is 11.6 Å². The van der Waals surface area contributed by atoms with E-state index in [9.17, 15) is 0 Å². The quantitative estimate of drug-likeness (QED) is 0.180. The van der Waals surface area contributed by atoms with Crippen molar-refractivity contribution < 1.29 is 14.3 Å². The molecule has 0 fully saturated rings. The summed E-state index contributed by atoms with van der Waals surface area (Å²) in [5, 5.41) is 0.567. The monoisotopic (exact) mass is 600 g/mol. The molecule has 1 atom stereocenters. The summed E-state index contributed by atoms with van der Waals surface area (Å²) < 4.78 is 10.9. The van der Waals surface area contributed by atoms with E-state index in [-0.39, 0.29) is 5.91 Å². The van der Waals surface area contributed by atoms with Crippen molar-refractivity contribution in [3.05, 3.63) is 160 Å². The Morgan fingerprint density at radius 1 is 0.750 bits per heavy atom. The molecule has 6 rings (SSSR count). The van der Waals surface area contributed by atoms with Gasteiger partial charge in [-0.2, -0.15) is 0 Å². The molecule has 44 heavy (non-hydrogen) atoms. The first-order valence-electron chi connectivity index (χ1n) is 14.5. The lowest BCUT2D eigenvalue weighted by Gasteiger charge is -2.37. The van der Waals surface area contributed by atoms with Crippen LogP contribution in [0.1, 0.15) is 40.8 Å². The molecule has 0 unspecified atom stereocenters. The molecular formula is C38H33ClN2O3. The van der Waals surface area contributed by atoms with Crippen LogP contribution in [-0.4, -0.2) is 31.4 Å². The van der Waals surface area contributed by atoms with Gasteiger partial charge in [0, 0.05) is 22.6 Å². The molecule has 1 heterocycles. The van der Waals surface area contributed by atoms with Gasteiger partial charge in [-0.25, -0.2) is 0 Å². The average Bonchev–Trinajstić information content (AvgIpc) is 3.15. The van der Waals surface area contributed by atoms with Crippen LogP contribution in [-0.2, 0) is 11.2 Å². The summed E-state index contributed by atoms with van der Waals surface area (Å²) in [4.78, 5) is 22.5. The maximum Gasteiger partial charge on any atom is 0.255 e. The number of nitrogens with zero attached hydrogens (tertiary/aromatic N) is 2. The lowest BCUT2D eigenvalue weighted by Crippen LogP contribution is -2.49. The van der Waals surface area contributed by atoms with Crippen LogP contribution in [0.5, 0.6) is 11.5 Å². The Balaban J connectivity index is 1.63. The van der Waals surface area contributed by atoms with Crippen LogP contribution in [0.15, 0.2) is 132 Å². The van der Waals surface area contributed by atoms with Crippen molar-refractivity contribution in [2.75, 3.05) is 19.1 Å². The van der Waals surface area contributed by atoms with E-state index in [0.29, 0.717) is 11.4 Å². The minimum Gasteiger partial charge on any atom is -0.497 e. The van der Waals surface area contributed by atoms with Crippen molar-refractivity contribution in [3.8, 4) is 11.5 Å². The summed E-state index contributed by atoms with van der Waals surface area (Å²) in [6.07, 6.45) is 0.416. The molecule has 5 nitrogen and oxygen atoms in total. The number of carbonyl (C=O) groups excluding carboxylic acids is 1. The van der Waals surface area contributed by atoms with E-state index in [1.54, 1.807) is 14.2 Å². The summed E-state index contributed by atoms with van der Waals surface area (Å²) in [5.74, 6) is 1.35. The highest BCUT2D eigenvalue weighted by molar-refractivity contribution is 6.32. The SMILES string of the molecule is COc1ccc(C(c2ccc(OC)cc2)N2C(=O)[C@](C)(Cc3ccccc3)N=C(c3ccccc3)c3cc(Cl)ccc32)cc1. The normalized spacial score (nSPS) is 16.2. The van der Waals surface area contributed by atoms with Gasteiger partial charge >= 0.3 is 0 Å². The smallest absolute Gasteiger partial charge is 0.255 e. The van der Waals surface area contributed by atoms with E-state index in [2.05, 4.69) is 0 Å². The van der Waals surface area contributed by atoms with Crippen LogP contribution < -0.4 is 14.4 Å². The summed E-state index contributed by atoms with van der Waals surface area (Å²) >= 11 is 6.66. The zero-order valence-electron chi connectivity index (χ0n) is 24.9. The van der Waals surface area contributed by atoms with Crippen molar-refractivity contribution in [3.63, 3.8) is 0 Å². The van der Waals surface area contributed by atoms with Gasteiger partial charge in [-0.15, -0.1) is 0 Å². The summed E-state index contributed by atoms with van der Waals surface area (Å²) in [6.45, 7) is 1.94. The van der Waals surface area contributed by atoms with E-state index in [1.807, 2.05) is 139 Å². The number of rotatable bonds is 8. The second-order valence-corrected chi connectivity index (χ2v) is 11.5. The highest BCUT2D eigenvalue weighted by Crippen LogP contribution is 2.42. The lowest BCUT2D eigenvalue weighted by atomic mass is 9.89. The number of aliphatic imine (C=N–C) groups is 1. The average molecular weight is 601 g/mol. The Labute approximate surface area is 263 Å². The van der Waals surface area contributed by atoms with Crippen molar-refractivity contribution in [2.24, 2.45) is 4.99 Å². The Morgan fingerprint density at radius 2 is 1.30 bits per heavy atom. The molecule has 6 heteroatoms. The van der Waals surface area contributed by atoms with Gasteiger partial charge in [-0.05, 0) is 66.1 Å². The van der Waals surface area contributed by atoms with Gasteiger partial charge in [-0.1, -0.05) is 96.5 Å². The maximum atomic E-state index is 15.3. The number of ether oxygens (including phenoxy) is 2. The van der Waals surface area contributed by atoms with E-state index >= 15 is 4.79 Å². The first-order chi connectivity index (χ1) is 21.4. The van der Waals surface area contributed by atoms with Gasteiger partial charge in [0.2, 0.25) is 0 Å². The standard InChI is InChI=1S/C38H33ClN2O3/c1-38(25-26-10-6-4-7-11-26)37(42)41(34-23-18-30(39)24-33(34)35(40-38)27-12-8-5-9-13-27)36(28-14-19-31(43-2)20-15-28)29-16-21-32(44-3)22-17-29/h4-24,36H,25H2,1-3H3/t38-/m0/s1. The van der Waals surface area contributed by atoms with E-state index in [4.69, 9.17) is 26.1 Å². The molecule has 0 radical (unpaired) electrons. The highest BCUT2D eigenvalue weighted by Gasteiger charge is 2.44. The van der Waals surface area contributed by atoms with Crippen LogP contribution in [0.4, 0.5) is 5.69 Å². The molecule has 0 aliphatic carbocycles. The number of hydrogen-bond donors (Lipinski definition) is 0. The van der Waals surface area contributed by atoms with Crippen LogP contribution in [0.2, 0.25) is 5.02 Å². The predicted molar refractivity (Wildman–Crippen MR) is 177 cm³/mol. The number of methoxy groups -OCH3 is 2. The lowest BCUT2D eigenvalue weighted by molar-refractivity contribution is -0.123. The van der Waals surface area contributed by atoms with E-state index < -0.39 is 11.6 Å². The van der Waals surface area contributed by atoms with Crippen LogP contribution in [0.3, 0.4) is 0 Å². The van der Waals surface area contributed by atoms with Crippen molar-refractivity contribution in [1.82, 2.24) is 0 Å². The number of fused-ring (bicyclic) bond motifs is 1. The number of benzodiazepines with no additional fused rings is 1. The van der Waals surface area contributed by atoms with Crippen molar-refractivity contribution in [1.29, 1.82) is 0 Å². The number of halogens is 1. The molecule has 0 saturated carbocycles. The summed E-state index contributed by atoms with van der Waals surface area (Å²) in [6, 6.07) is 41.0. The Kier molecular flexibility index (Phi) is 8.23.